The summed E-state index contributed by atoms with van der Waals surface area (Å²) < 4.78 is 0. The summed E-state index contributed by atoms with van der Waals surface area (Å²) in [7, 11) is 0. The molecule has 0 aliphatic heterocycles. The van der Waals surface area contributed by atoms with Gasteiger partial charge in [0, 0.05) is 69.7 Å². The van der Waals surface area contributed by atoms with Crippen LogP contribution in [0.25, 0.3) is 21.8 Å². The fourth-order valence-electron chi connectivity index (χ4n) is 6.91. The van der Waals surface area contributed by atoms with Crippen LogP contribution in [0, 0.1) is 0 Å². The minimum Gasteiger partial charge on any atom is -0.357 e. The highest BCUT2D eigenvalue weighted by Crippen LogP contribution is 2.36. The fourth-order valence-corrected chi connectivity index (χ4v) is 6.91. The molecule has 11 nitrogen and oxygen atoms in total. The second-order valence-electron chi connectivity index (χ2n) is 12.6. The fraction of sp³-hybridized carbons (Fsp3) is 0.237. The van der Waals surface area contributed by atoms with Crippen molar-refractivity contribution in [3.63, 3.8) is 0 Å². The van der Waals surface area contributed by atoms with Gasteiger partial charge in [0.25, 0.3) is 11.8 Å². The molecule has 0 spiro atoms. The number of carbonyl (C=O) groups is 3. The lowest BCUT2D eigenvalue weighted by Gasteiger charge is -2.23. The molecule has 4 aromatic heterocycles. The summed E-state index contributed by atoms with van der Waals surface area (Å²) in [6.45, 7) is 1.54. The Morgan fingerprint density at radius 3 is 1.78 bits per heavy atom. The van der Waals surface area contributed by atoms with Gasteiger partial charge in [-0.3, -0.25) is 24.4 Å². The third kappa shape index (κ3) is 7.24. The van der Waals surface area contributed by atoms with Crippen molar-refractivity contribution in [2.75, 3.05) is 10.6 Å². The lowest BCUT2D eigenvalue weighted by molar-refractivity contribution is -0.119. The summed E-state index contributed by atoms with van der Waals surface area (Å²) in [6.07, 6.45) is 12.6. The van der Waals surface area contributed by atoms with Crippen LogP contribution < -0.4 is 21.7 Å². The van der Waals surface area contributed by atoms with Gasteiger partial charge in [-0.05, 0) is 110 Å². The molecule has 2 aromatic carbocycles. The van der Waals surface area contributed by atoms with Gasteiger partial charge in [-0.2, -0.15) is 0 Å². The molecule has 0 fully saturated rings. The summed E-state index contributed by atoms with van der Waals surface area (Å²) in [6, 6.07) is 18.7. The Morgan fingerprint density at radius 1 is 0.740 bits per heavy atom. The average Bonchev–Trinajstić information content (AvgIpc) is 3.68. The highest BCUT2D eigenvalue weighted by atomic mass is 35.5. The van der Waals surface area contributed by atoms with E-state index in [-0.39, 0.29) is 42.2 Å². The Balaban J connectivity index is 0.000000171. The maximum atomic E-state index is 12.6. The number of nitrogens with zero attached hydrogens (tertiary/aromatic N) is 2. The number of hydrogen-bond acceptors (Lipinski definition) is 6. The molecule has 2 unspecified atom stereocenters. The number of nitrogens with two attached hydrogens (primary N) is 1. The first-order valence-corrected chi connectivity index (χ1v) is 16.6. The van der Waals surface area contributed by atoms with Crippen molar-refractivity contribution < 1.29 is 14.4 Å². The van der Waals surface area contributed by atoms with Crippen LogP contribution in [0.15, 0.2) is 85.5 Å². The largest absolute Gasteiger partial charge is 0.357 e. The molecule has 2 aliphatic rings. The zero-order valence-electron chi connectivity index (χ0n) is 27.6. The van der Waals surface area contributed by atoms with Gasteiger partial charge < -0.3 is 31.7 Å². The van der Waals surface area contributed by atoms with Gasteiger partial charge in [-0.15, -0.1) is 12.4 Å². The monoisotopic (exact) mass is 690 g/mol. The Labute approximate surface area is 295 Å². The van der Waals surface area contributed by atoms with Crippen LogP contribution >= 0.6 is 12.4 Å². The van der Waals surface area contributed by atoms with Gasteiger partial charge in [0.05, 0.1) is 29.8 Å². The van der Waals surface area contributed by atoms with E-state index in [9.17, 15) is 14.4 Å². The molecule has 0 radical (unpaired) electrons. The Hall–Kier alpha value is -5.52. The second-order valence-corrected chi connectivity index (χ2v) is 12.6. The summed E-state index contributed by atoms with van der Waals surface area (Å²) in [4.78, 5) is 51.3. The third-order valence-corrected chi connectivity index (χ3v) is 9.20. The van der Waals surface area contributed by atoms with Crippen LogP contribution in [0.2, 0.25) is 0 Å². The highest BCUT2D eigenvalue weighted by molar-refractivity contribution is 6.07. The molecule has 7 N–H and O–H groups in total. The van der Waals surface area contributed by atoms with Gasteiger partial charge in [0.1, 0.15) is 0 Å². The van der Waals surface area contributed by atoms with E-state index in [1.165, 1.54) is 18.1 Å². The molecule has 4 heterocycles. The Morgan fingerprint density at radius 2 is 1.26 bits per heavy atom. The number of anilines is 2. The molecule has 0 bridgehead atoms. The van der Waals surface area contributed by atoms with Gasteiger partial charge in [0.2, 0.25) is 5.91 Å². The summed E-state index contributed by atoms with van der Waals surface area (Å²) in [5.74, 6) is -0.322. The molecular formula is C38H39ClN8O3. The molecule has 50 heavy (non-hydrogen) atoms. The molecule has 0 saturated carbocycles. The molecule has 0 saturated heterocycles. The van der Waals surface area contributed by atoms with Crippen molar-refractivity contribution in [3.05, 3.63) is 119 Å². The van der Waals surface area contributed by atoms with Crippen LogP contribution in [0.4, 0.5) is 11.4 Å². The lowest BCUT2D eigenvalue weighted by atomic mass is 9.91. The lowest BCUT2D eigenvalue weighted by Crippen LogP contribution is -2.28. The number of H-pyrrole nitrogens is 2. The number of rotatable bonds is 5. The first-order chi connectivity index (χ1) is 23.8. The van der Waals surface area contributed by atoms with E-state index in [1.807, 2.05) is 42.5 Å². The summed E-state index contributed by atoms with van der Waals surface area (Å²) >= 11 is 0. The number of nitrogens with one attached hydrogen (secondary N) is 5. The number of aromatic nitrogens is 4. The van der Waals surface area contributed by atoms with Crippen LogP contribution in [-0.4, -0.2) is 37.7 Å². The number of hydrogen-bond donors (Lipinski definition) is 6. The quantitative estimate of drug-likeness (QED) is 0.115. The van der Waals surface area contributed by atoms with Crippen molar-refractivity contribution in [3.8, 4) is 0 Å². The predicted octanol–water partition coefficient (Wildman–Crippen LogP) is 6.90. The van der Waals surface area contributed by atoms with Crippen molar-refractivity contribution >= 4 is 63.3 Å². The number of amides is 3. The standard InChI is InChI=1S/C20H20N4O2.C18H18N4O.ClH/c1-12(25)22-18-6-2-5-15-16-10-13(7-8-17(16)24-19(15)18)20(26)23-14-4-3-9-21-11-14;19-15-5-1-4-13-14-9-11(6-7-16(14)22-17(13)15)18(23)21-12-3-2-8-20-10-12;/h3-4,7-11,18,24H,2,5-6H2,1H3,(H,22,25)(H,23,26);2-3,6-10,15,22H,1,4-5,19H2,(H,21,23);1H. The zero-order chi connectivity index (χ0) is 33.9. The predicted molar refractivity (Wildman–Crippen MR) is 198 cm³/mol. The van der Waals surface area contributed by atoms with E-state index >= 15 is 0 Å². The van der Waals surface area contributed by atoms with E-state index in [1.54, 1.807) is 43.0 Å². The van der Waals surface area contributed by atoms with Crippen LogP contribution in [0.5, 0.6) is 0 Å². The van der Waals surface area contributed by atoms with Crippen molar-refractivity contribution in [1.82, 2.24) is 25.3 Å². The van der Waals surface area contributed by atoms with Crippen molar-refractivity contribution in [1.29, 1.82) is 0 Å². The van der Waals surface area contributed by atoms with Gasteiger partial charge in [0.15, 0.2) is 0 Å². The third-order valence-electron chi connectivity index (χ3n) is 9.20. The van der Waals surface area contributed by atoms with Crippen molar-refractivity contribution in [2.45, 2.75) is 57.5 Å². The first kappa shape index (κ1) is 34.3. The Kier molecular flexibility index (Phi) is 10.3. The number of halogens is 1. The minimum absolute atomic E-state index is 0. The SMILES string of the molecule is CC(=O)NC1CCCc2c1[nH]c1ccc(C(=O)Nc3cccnc3)cc21.Cl.NC1CCCc2c1[nH]c1ccc(C(=O)Nc3cccnc3)cc21. The van der Waals surface area contributed by atoms with Crippen LogP contribution in [-0.2, 0) is 17.6 Å². The number of aryl methyl sites for hydroxylation is 2. The van der Waals surface area contributed by atoms with Crippen LogP contribution in [0.1, 0.15) is 87.9 Å². The van der Waals surface area contributed by atoms with Crippen LogP contribution in [0.3, 0.4) is 0 Å². The van der Waals surface area contributed by atoms with Gasteiger partial charge in [-0.25, -0.2) is 0 Å². The molecular weight excluding hydrogens is 652 g/mol. The topological polar surface area (TPSA) is 171 Å². The molecule has 2 aliphatic carbocycles. The van der Waals surface area contributed by atoms with E-state index in [2.05, 4.69) is 35.9 Å². The molecule has 12 heteroatoms. The minimum atomic E-state index is -0.163. The molecule has 3 amide bonds. The summed E-state index contributed by atoms with van der Waals surface area (Å²) in [5.41, 5.74) is 15.5. The van der Waals surface area contributed by atoms with E-state index in [0.29, 0.717) is 22.5 Å². The van der Waals surface area contributed by atoms with E-state index in [0.717, 1.165) is 71.7 Å². The number of pyridine rings is 2. The number of aromatic amines is 2. The zero-order valence-corrected chi connectivity index (χ0v) is 28.4. The Bertz CT molecular complexity index is 2160. The number of benzene rings is 2. The summed E-state index contributed by atoms with van der Waals surface area (Å²) in [5, 5.41) is 10.9. The highest BCUT2D eigenvalue weighted by Gasteiger charge is 2.25. The number of fused-ring (bicyclic) bond motifs is 6. The van der Waals surface area contributed by atoms with E-state index < -0.39 is 0 Å². The smallest absolute Gasteiger partial charge is 0.255 e. The maximum absolute atomic E-state index is 12.6. The average molecular weight is 691 g/mol. The first-order valence-electron chi connectivity index (χ1n) is 16.6. The van der Waals surface area contributed by atoms with Gasteiger partial charge in [-0.1, -0.05) is 0 Å². The molecule has 6 aromatic rings. The normalized spacial score (nSPS) is 16.2. The van der Waals surface area contributed by atoms with Crippen molar-refractivity contribution in [2.24, 2.45) is 5.73 Å². The molecule has 2 atom stereocenters. The molecule has 8 rings (SSSR count). The van der Waals surface area contributed by atoms with Gasteiger partial charge >= 0.3 is 0 Å². The van der Waals surface area contributed by atoms with E-state index in [4.69, 9.17) is 5.73 Å². The number of carbonyl (C=O) groups excluding carboxylic acids is 3. The maximum Gasteiger partial charge on any atom is 0.255 e. The molecule has 256 valence electrons. The second kappa shape index (κ2) is 14.9.